The van der Waals surface area contributed by atoms with Gasteiger partial charge in [0.2, 0.25) is 0 Å². The molecule has 276 valence electrons. The van der Waals surface area contributed by atoms with E-state index < -0.39 is 0 Å². The Morgan fingerprint density at radius 1 is 0.564 bits per heavy atom. The number of aromatic hydroxyl groups is 1. The van der Waals surface area contributed by atoms with Gasteiger partial charge in [0.15, 0.2) is 5.82 Å². The molecule has 6 nitrogen and oxygen atoms in total. The molecule has 0 aliphatic rings. The zero-order valence-corrected chi connectivity index (χ0v) is 34.1. The summed E-state index contributed by atoms with van der Waals surface area (Å²) in [7, 11) is 0. The summed E-state index contributed by atoms with van der Waals surface area (Å²) in [6, 6.07) is 48.3. The smallest absolute Gasteiger partial charge is 0.162 e. The topological polar surface area (TPSA) is 76.7 Å². The third-order valence-corrected chi connectivity index (χ3v) is 9.80. The number of para-hydroxylation sites is 1. The Bertz CT molecular complexity index is 2570. The largest absolute Gasteiger partial charge is 0.507 e. The normalized spacial score (nSPS) is 11.7. The van der Waals surface area contributed by atoms with E-state index in [1.165, 1.54) is 5.56 Å². The SMILES string of the molecule is CC(C)(C)c1cc(-c2ccccn2)[c-]c(-c2cccc3c2nc(-c2cc(C(C)(C)C)ccc2O)n3-c2cc(-c3ccccc3)nc(-c3ccccc3)n2)c1.[Pt]. The summed E-state index contributed by atoms with van der Waals surface area (Å²) in [5, 5.41) is 11.6. The van der Waals surface area contributed by atoms with E-state index in [2.05, 4.69) is 106 Å². The number of phenols is 1. The average molecular weight is 900 g/mol. The van der Waals surface area contributed by atoms with Crippen molar-refractivity contribution in [3.8, 4) is 68.0 Å². The molecule has 0 aliphatic heterocycles. The second-order valence-corrected chi connectivity index (χ2v) is 15.8. The number of aromatic nitrogens is 5. The molecule has 0 unspecified atom stereocenters. The maximum Gasteiger partial charge on any atom is 0.162 e. The Morgan fingerprint density at radius 2 is 1.24 bits per heavy atom. The van der Waals surface area contributed by atoms with Crippen LogP contribution >= 0.6 is 0 Å². The summed E-state index contributed by atoms with van der Waals surface area (Å²) in [5.41, 5.74) is 10.4. The minimum atomic E-state index is -0.162. The molecule has 0 saturated heterocycles. The fourth-order valence-electron chi connectivity index (χ4n) is 6.74. The van der Waals surface area contributed by atoms with Crippen molar-refractivity contribution in [3.63, 3.8) is 0 Å². The van der Waals surface area contributed by atoms with Crippen molar-refractivity contribution in [2.75, 3.05) is 0 Å². The third-order valence-electron chi connectivity index (χ3n) is 9.80. The zero-order valence-electron chi connectivity index (χ0n) is 31.8. The Labute approximate surface area is 337 Å². The van der Waals surface area contributed by atoms with Gasteiger partial charge >= 0.3 is 0 Å². The van der Waals surface area contributed by atoms with Crippen molar-refractivity contribution < 1.29 is 26.2 Å². The Balaban J connectivity index is 0.00000465. The van der Waals surface area contributed by atoms with Crippen molar-refractivity contribution in [2.45, 2.75) is 52.4 Å². The van der Waals surface area contributed by atoms with Gasteiger partial charge in [0, 0.05) is 50.1 Å². The maximum atomic E-state index is 11.6. The van der Waals surface area contributed by atoms with Gasteiger partial charge in [0.25, 0.3) is 0 Å². The van der Waals surface area contributed by atoms with Gasteiger partial charge in [0.1, 0.15) is 17.4 Å². The van der Waals surface area contributed by atoms with E-state index in [-0.39, 0.29) is 37.6 Å². The van der Waals surface area contributed by atoms with E-state index in [0.717, 1.165) is 55.8 Å². The molecular weight excluding hydrogens is 858 g/mol. The summed E-state index contributed by atoms with van der Waals surface area (Å²) >= 11 is 0. The number of hydrogen-bond acceptors (Lipinski definition) is 5. The molecule has 0 aliphatic carbocycles. The molecule has 0 spiro atoms. The van der Waals surface area contributed by atoms with Crippen LogP contribution in [0.5, 0.6) is 5.75 Å². The van der Waals surface area contributed by atoms with Gasteiger partial charge in [-0.05, 0) is 40.7 Å². The fourth-order valence-corrected chi connectivity index (χ4v) is 6.74. The first kappa shape index (κ1) is 37.6. The van der Waals surface area contributed by atoms with Gasteiger partial charge in [-0.15, -0.1) is 29.3 Å². The summed E-state index contributed by atoms with van der Waals surface area (Å²) in [6.45, 7) is 13.2. The van der Waals surface area contributed by atoms with Crippen LogP contribution in [0.3, 0.4) is 0 Å². The standard InChI is InChI=1S/C48H42N5O.Pt/c1-47(2,3)35-23-24-42(54)38(29-35)46-52-44-37(33-26-34(39-21-13-14-25-49-39)28-36(27-33)48(4,5)6)20-15-22-41(44)53(46)43-30-40(31-16-9-7-10-17-31)50-45(51-43)32-18-11-8-12-19-32;/h7-25,27-30,54H,1-6H3;/q-1;. The van der Waals surface area contributed by atoms with E-state index in [1.807, 2.05) is 85.1 Å². The molecule has 0 amide bonds. The molecule has 0 saturated carbocycles. The maximum absolute atomic E-state index is 11.6. The minimum absolute atomic E-state index is 0. The second kappa shape index (κ2) is 14.8. The number of phenolic OH excluding ortho intramolecular Hbond substituents is 1. The van der Waals surface area contributed by atoms with Crippen molar-refractivity contribution in [2.24, 2.45) is 0 Å². The Hall–Kier alpha value is -5.71. The number of benzene rings is 5. The number of rotatable bonds is 6. The number of hydrogen-bond donors (Lipinski definition) is 1. The molecule has 8 aromatic rings. The van der Waals surface area contributed by atoms with Gasteiger partial charge in [-0.2, -0.15) is 0 Å². The van der Waals surface area contributed by atoms with Gasteiger partial charge < -0.3 is 5.11 Å². The van der Waals surface area contributed by atoms with E-state index in [4.69, 9.17) is 15.0 Å². The van der Waals surface area contributed by atoms with Crippen molar-refractivity contribution in [3.05, 3.63) is 157 Å². The second-order valence-electron chi connectivity index (χ2n) is 15.8. The summed E-state index contributed by atoms with van der Waals surface area (Å²) in [5.74, 6) is 1.95. The molecule has 1 N–H and O–H groups in total. The van der Waals surface area contributed by atoms with Crippen LogP contribution in [0.4, 0.5) is 0 Å². The summed E-state index contributed by atoms with van der Waals surface area (Å²) < 4.78 is 2.06. The van der Waals surface area contributed by atoms with Crippen LogP contribution in [0.25, 0.3) is 73.3 Å². The average Bonchev–Trinajstić information content (AvgIpc) is 3.58. The molecule has 0 bridgehead atoms. The van der Waals surface area contributed by atoms with Gasteiger partial charge in [-0.3, -0.25) is 9.55 Å². The molecule has 5 aromatic carbocycles. The number of nitrogens with zero attached hydrogens (tertiary/aromatic N) is 5. The van der Waals surface area contributed by atoms with Crippen LogP contribution in [-0.2, 0) is 31.9 Å². The molecule has 3 heterocycles. The van der Waals surface area contributed by atoms with E-state index in [0.29, 0.717) is 23.0 Å². The van der Waals surface area contributed by atoms with Crippen molar-refractivity contribution in [1.29, 1.82) is 0 Å². The molecule has 3 aromatic heterocycles. The molecule has 7 heteroatoms. The summed E-state index contributed by atoms with van der Waals surface area (Å²) in [4.78, 5) is 20.4. The number of imidazole rings is 1. The first-order valence-corrected chi connectivity index (χ1v) is 18.3. The predicted octanol–water partition coefficient (Wildman–Crippen LogP) is 11.6. The van der Waals surface area contributed by atoms with E-state index in [9.17, 15) is 5.11 Å². The van der Waals surface area contributed by atoms with Crippen LogP contribution < -0.4 is 0 Å². The van der Waals surface area contributed by atoms with Crippen LogP contribution in [0.2, 0.25) is 0 Å². The molecule has 0 fully saturated rings. The van der Waals surface area contributed by atoms with Crippen LogP contribution in [0, 0.1) is 6.07 Å². The van der Waals surface area contributed by atoms with Crippen molar-refractivity contribution >= 4 is 11.0 Å². The Kier molecular flexibility index (Phi) is 10.1. The van der Waals surface area contributed by atoms with Gasteiger partial charge in [0.05, 0.1) is 22.3 Å². The van der Waals surface area contributed by atoms with Crippen LogP contribution in [0.15, 0.2) is 140 Å². The fraction of sp³-hybridized carbons (Fsp3) is 0.167. The minimum Gasteiger partial charge on any atom is -0.507 e. The van der Waals surface area contributed by atoms with Gasteiger partial charge in [-0.25, -0.2) is 15.0 Å². The zero-order chi connectivity index (χ0) is 37.6. The number of pyridine rings is 1. The Morgan fingerprint density at radius 3 is 1.91 bits per heavy atom. The molecule has 0 radical (unpaired) electrons. The van der Waals surface area contributed by atoms with E-state index in [1.54, 1.807) is 6.07 Å². The number of fused-ring (bicyclic) bond motifs is 1. The predicted molar refractivity (Wildman–Crippen MR) is 220 cm³/mol. The monoisotopic (exact) mass is 899 g/mol. The molecular formula is C48H42N5OPt-. The third kappa shape index (κ3) is 7.52. The van der Waals surface area contributed by atoms with E-state index >= 15 is 0 Å². The molecule has 8 rings (SSSR count). The molecule has 55 heavy (non-hydrogen) atoms. The first-order valence-electron chi connectivity index (χ1n) is 18.3. The first-order chi connectivity index (χ1) is 25.9. The molecule has 0 atom stereocenters. The van der Waals surface area contributed by atoms with Crippen LogP contribution in [-0.4, -0.2) is 29.6 Å². The summed E-state index contributed by atoms with van der Waals surface area (Å²) in [6.07, 6.45) is 1.81. The van der Waals surface area contributed by atoms with Gasteiger partial charge in [-0.1, -0.05) is 144 Å². The van der Waals surface area contributed by atoms with Crippen molar-refractivity contribution in [1.82, 2.24) is 24.5 Å². The quantitative estimate of drug-likeness (QED) is 0.168. The van der Waals surface area contributed by atoms with Crippen LogP contribution in [0.1, 0.15) is 52.7 Å².